The molecule has 0 fully saturated rings. The summed E-state index contributed by atoms with van der Waals surface area (Å²) < 4.78 is 12.9. The maximum Gasteiger partial charge on any atom is 0.195 e. The third-order valence-corrected chi connectivity index (χ3v) is 6.14. The summed E-state index contributed by atoms with van der Waals surface area (Å²) in [6.45, 7) is -0.288. The Morgan fingerprint density at radius 2 is 1.82 bits per heavy atom. The number of carbonyl (C=O) groups is 1. The van der Waals surface area contributed by atoms with Gasteiger partial charge in [0.15, 0.2) is 11.2 Å². The first-order valence-electron chi connectivity index (χ1n) is 8.71. The molecule has 2 aromatic carbocycles. The number of rotatable bonds is 4. The minimum atomic E-state index is -1.09. The Hall–Kier alpha value is -1.96. The van der Waals surface area contributed by atoms with Crippen LogP contribution < -0.4 is 10.2 Å². The molecule has 1 atom stereocenters. The molecule has 5 nitrogen and oxygen atoms in total. The highest BCUT2D eigenvalue weighted by Gasteiger charge is 2.43. The lowest BCUT2D eigenvalue weighted by Crippen LogP contribution is -2.44. The lowest BCUT2D eigenvalue weighted by molar-refractivity contribution is 0.0347. The average molecular weight is 508 g/mol. The number of fused-ring (bicyclic) bond motifs is 2. The largest absolute Gasteiger partial charge is 0.492 e. The van der Waals surface area contributed by atoms with Gasteiger partial charge >= 0.3 is 0 Å². The van der Waals surface area contributed by atoms with E-state index >= 15 is 0 Å². The lowest BCUT2D eigenvalue weighted by atomic mass is 9.75. The fourth-order valence-corrected chi connectivity index (χ4v) is 4.17. The Morgan fingerprint density at radius 3 is 2.61 bits per heavy atom. The van der Waals surface area contributed by atoms with Crippen LogP contribution in [-0.4, -0.2) is 24.1 Å². The van der Waals surface area contributed by atoms with Crippen molar-refractivity contribution in [1.82, 2.24) is 0 Å². The third-order valence-electron chi connectivity index (χ3n) is 5.15. The van der Waals surface area contributed by atoms with E-state index < -0.39 is 5.41 Å². The van der Waals surface area contributed by atoms with E-state index in [9.17, 15) is 14.7 Å². The van der Waals surface area contributed by atoms with Gasteiger partial charge in [0.05, 0.1) is 29.2 Å². The minimum Gasteiger partial charge on any atom is -0.492 e. The number of ether oxygens (including phenoxy) is 1. The molecule has 1 aliphatic rings. The van der Waals surface area contributed by atoms with Crippen molar-refractivity contribution in [3.05, 3.63) is 73.0 Å². The molecule has 0 aliphatic carbocycles. The van der Waals surface area contributed by atoms with Crippen molar-refractivity contribution in [3.63, 3.8) is 0 Å². The number of Topliss-reactive ketones (excluding diaryl/α,β-unsaturated/α-hetero) is 1. The van der Waals surface area contributed by atoms with Crippen molar-refractivity contribution in [2.45, 2.75) is 12.8 Å². The van der Waals surface area contributed by atoms with Crippen LogP contribution in [0, 0.1) is 5.41 Å². The zero-order valence-electron chi connectivity index (χ0n) is 14.7. The summed E-state index contributed by atoms with van der Waals surface area (Å²) >= 11 is 6.73. The second-order valence-corrected chi connectivity index (χ2v) is 8.76. The summed E-state index contributed by atoms with van der Waals surface area (Å²) in [4.78, 5) is 25.9. The van der Waals surface area contributed by atoms with Crippen molar-refractivity contribution in [2.75, 3.05) is 13.2 Å². The second-order valence-electron chi connectivity index (χ2n) is 6.93. The standard InChI is InChI=1S/C21H16Br2O5/c22-13-1-3-17-15(7-13)19(25)12(9-27-17)5-6-21(10-24)11-28-18-4-2-14(23)8-16(18)20(21)26/h1-4,7-9,24H,5-6,10-11H2. The van der Waals surface area contributed by atoms with Gasteiger partial charge in [-0.15, -0.1) is 0 Å². The molecule has 28 heavy (non-hydrogen) atoms. The van der Waals surface area contributed by atoms with Gasteiger partial charge in [-0.2, -0.15) is 0 Å². The van der Waals surface area contributed by atoms with Gasteiger partial charge in [-0.3, -0.25) is 9.59 Å². The monoisotopic (exact) mass is 506 g/mol. The molecule has 1 aromatic heterocycles. The molecular weight excluding hydrogens is 492 g/mol. The Morgan fingerprint density at radius 1 is 1.07 bits per heavy atom. The SMILES string of the molecule is O=C1c2cc(Br)ccc2OCC1(CO)CCc1coc2ccc(Br)cc2c1=O. The molecule has 7 heteroatoms. The molecule has 0 saturated heterocycles. The molecule has 0 bridgehead atoms. The van der Waals surface area contributed by atoms with Gasteiger partial charge in [0.25, 0.3) is 0 Å². The molecule has 1 N–H and O–H groups in total. The fraction of sp³-hybridized carbons (Fsp3) is 0.238. The van der Waals surface area contributed by atoms with Crippen molar-refractivity contribution in [3.8, 4) is 5.75 Å². The lowest BCUT2D eigenvalue weighted by Gasteiger charge is -2.35. The number of aliphatic hydroxyl groups is 1. The highest BCUT2D eigenvalue weighted by molar-refractivity contribution is 9.10. The first kappa shape index (κ1) is 19.4. The molecule has 2 heterocycles. The van der Waals surface area contributed by atoms with Crippen molar-refractivity contribution < 1.29 is 19.1 Å². The zero-order valence-corrected chi connectivity index (χ0v) is 17.9. The predicted molar refractivity (Wildman–Crippen MR) is 112 cm³/mol. The van der Waals surface area contributed by atoms with Crippen LogP contribution in [0.25, 0.3) is 11.0 Å². The molecule has 0 spiro atoms. The van der Waals surface area contributed by atoms with Crippen LogP contribution in [0.15, 0.2) is 60.8 Å². The molecule has 1 unspecified atom stereocenters. The number of hydrogen-bond acceptors (Lipinski definition) is 5. The van der Waals surface area contributed by atoms with E-state index in [-0.39, 0.29) is 30.8 Å². The second kappa shape index (κ2) is 7.46. The predicted octanol–water partition coefficient (Wildman–Crippen LogP) is 4.50. The van der Waals surface area contributed by atoms with E-state index in [1.165, 1.54) is 6.26 Å². The van der Waals surface area contributed by atoms with E-state index in [0.29, 0.717) is 34.3 Å². The summed E-state index contributed by atoms with van der Waals surface area (Å²) in [5.41, 5.74) is 0.176. The maximum atomic E-state index is 13.1. The van der Waals surface area contributed by atoms with E-state index in [4.69, 9.17) is 9.15 Å². The van der Waals surface area contributed by atoms with Gasteiger partial charge in [-0.1, -0.05) is 31.9 Å². The highest BCUT2D eigenvalue weighted by atomic mass is 79.9. The summed E-state index contributed by atoms with van der Waals surface area (Å²) in [7, 11) is 0. The number of halogens is 2. The van der Waals surface area contributed by atoms with E-state index in [1.807, 2.05) is 0 Å². The first-order valence-corrected chi connectivity index (χ1v) is 10.3. The number of aryl methyl sites for hydroxylation is 1. The molecule has 3 aromatic rings. The van der Waals surface area contributed by atoms with Gasteiger partial charge in [0.1, 0.15) is 17.9 Å². The Labute approximate surface area is 177 Å². The highest BCUT2D eigenvalue weighted by Crippen LogP contribution is 2.38. The zero-order chi connectivity index (χ0) is 19.9. The van der Waals surface area contributed by atoms with Gasteiger partial charge in [-0.05, 0) is 49.2 Å². The van der Waals surface area contributed by atoms with E-state index in [2.05, 4.69) is 31.9 Å². The van der Waals surface area contributed by atoms with Gasteiger partial charge in [0.2, 0.25) is 0 Å². The smallest absolute Gasteiger partial charge is 0.195 e. The summed E-state index contributed by atoms with van der Waals surface area (Å²) in [5.74, 6) is 0.331. The van der Waals surface area contributed by atoms with Crippen molar-refractivity contribution in [1.29, 1.82) is 0 Å². The summed E-state index contributed by atoms with van der Waals surface area (Å²) in [5, 5.41) is 10.5. The number of aliphatic hydroxyl groups excluding tert-OH is 1. The van der Waals surface area contributed by atoms with Crippen LogP contribution in [0.3, 0.4) is 0 Å². The van der Waals surface area contributed by atoms with Crippen LogP contribution in [0.1, 0.15) is 22.3 Å². The third kappa shape index (κ3) is 3.32. The Kier molecular flexibility index (Phi) is 5.16. The van der Waals surface area contributed by atoms with Gasteiger partial charge < -0.3 is 14.3 Å². The number of carbonyl (C=O) groups excluding carboxylic acids is 1. The van der Waals surface area contributed by atoms with Crippen LogP contribution in [0.4, 0.5) is 0 Å². The van der Waals surface area contributed by atoms with Crippen molar-refractivity contribution >= 4 is 48.6 Å². The van der Waals surface area contributed by atoms with Crippen LogP contribution in [0.2, 0.25) is 0 Å². The van der Waals surface area contributed by atoms with Crippen LogP contribution in [-0.2, 0) is 6.42 Å². The number of benzene rings is 2. The summed E-state index contributed by atoms with van der Waals surface area (Å²) in [6, 6.07) is 10.5. The van der Waals surface area contributed by atoms with E-state index in [1.54, 1.807) is 36.4 Å². The Bertz CT molecular complexity index is 1140. The number of ketones is 1. The Balaban J connectivity index is 1.65. The van der Waals surface area contributed by atoms with Crippen LogP contribution >= 0.6 is 31.9 Å². The molecular formula is C21H16Br2O5. The minimum absolute atomic E-state index is 0.0709. The van der Waals surface area contributed by atoms with Gasteiger partial charge in [0, 0.05) is 14.5 Å². The molecule has 4 rings (SSSR count). The molecule has 0 saturated carbocycles. The average Bonchev–Trinajstić information content (AvgIpc) is 2.70. The first-order chi connectivity index (χ1) is 13.4. The molecule has 144 valence electrons. The maximum absolute atomic E-state index is 13.1. The molecule has 1 aliphatic heterocycles. The topological polar surface area (TPSA) is 76.7 Å². The van der Waals surface area contributed by atoms with E-state index in [0.717, 1.165) is 8.95 Å². The molecule has 0 radical (unpaired) electrons. The van der Waals surface area contributed by atoms with Crippen molar-refractivity contribution in [2.24, 2.45) is 5.41 Å². The summed E-state index contributed by atoms with van der Waals surface area (Å²) in [6.07, 6.45) is 2.00. The quantitative estimate of drug-likeness (QED) is 0.562. The molecule has 0 amide bonds. The van der Waals surface area contributed by atoms with Gasteiger partial charge in [-0.25, -0.2) is 0 Å². The fourth-order valence-electron chi connectivity index (χ4n) is 3.44. The number of hydrogen-bond donors (Lipinski definition) is 1. The normalized spacial score (nSPS) is 18.8. The van der Waals surface area contributed by atoms with Crippen LogP contribution in [0.5, 0.6) is 5.75 Å².